The van der Waals surface area contributed by atoms with Crippen LogP contribution in [-0.2, 0) is 10.0 Å². The number of nitrogens with zero attached hydrogens (tertiary/aromatic N) is 1. The maximum atomic E-state index is 12.6. The van der Waals surface area contributed by atoms with Gasteiger partial charge in [-0.1, -0.05) is 25.4 Å². The summed E-state index contributed by atoms with van der Waals surface area (Å²) in [6.45, 7) is 5.53. The Kier molecular flexibility index (Phi) is 4.33. The smallest absolute Gasteiger partial charge is 0.253 e. The van der Waals surface area contributed by atoms with Gasteiger partial charge in [0.2, 0.25) is 10.0 Å². The Morgan fingerprint density at radius 3 is 2.57 bits per heavy atom. The highest BCUT2D eigenvalue weighted by Gasteiger charge is 2.30. The van der Waals surface area contributed by atoms with Crippen LogP contribution >= 0.6 is 11.6 Å². The summed E-state index contributed by atoms with van der Waals surface area (Å²) in [6.07, 6.45) is 2.00. The molecule has 2 rings (SSSR count). The van der Waals surface area contributed by atoms with Crippen molar-refractivity contribution in [2.45, 2.75) is 31.6 Å². The summed E-state index contributed by atoms with van der Waals surface area (Å²) in [4.78, 5) is 14.1. The van der Waals surface area contributed by atoms with Crippen LogP contribution in [0.25, 0.3) is 0 Å². The summed E-state index contributed by atoms with van der Waals surface area (Å²) in [5.74, 6) is -0.213. The average Bonchev–Trinajstić information content (AvgIpc) is 2.35. The summed E-state index contributed by atoms with van der Waals surface area (Å²) in [5.41, 5.74) is 0.319. The van der Waals surface area contributed by atoms with E-state index in [0.717, 1.165) is 12.8 Å². The predicted molar refractivity (Wildman–Crippen MR) is 81.7 cm³/mol. The second kappa shape index (κ2) is 5.59. The molecule has 1 aromatic carbocycles. The number of hydrogen-bond donors (Lipinski definition) is 1. The Balaban J connectivity index is 2.33. The predicted octanol–water partition coefficient (Wildman–Crippen LogP) is 2.25. The monoisotopic (exact) mass is 330 g/mol. The molecule has 0 unspecified atom stereocenters. The average molecular weight is 331 g/mol. The van der Waals surface area contributed by atoms with Gasteiger partial charge in [-0.25, -0.2) is 13.6 Å². The zero-order valence-electron chi connectivity index (χ0n) is 12.1. The maximum Gasteiger partial charge on any atom is 0.253 e. The molecule has 0 bridgehead atoms. The normalized spacial score (nSPS) is 18.6. The van der Waals surface area contributed by atoms with E-state index in [-0.39, 0.29) is 26.8 Å². The lowest BCUT2D eigenvalue weighted by Crippen LogP contribution is -2.43. The number of halogens is 1. The summed E-state index contributed by atoms with van der Waals surface area (Å²) in [7, 11) is -3.89. The van der Waals surface area contributed by atoms with Gasteiger partial charge in [-0.2, -0.15) is 0 Å². The molecule has 116 valence electrons. The van der Waals surface area contributed by atoms with Crippen molar-refractivity contribution >= 4 is 27.5 Å². The van der Waals surface area contributed by atoms with Crippen molar-refractivity contribution < 1.29 is 13.2 Å². The fourth-order valence-electron chi connectivity index (χ4n) is 2.63. The molecule has 0 radical (unpaired) electrons. The minimum absolute atomic E-state index is 0.0647. The lowest BCUT2D eigenvalue weighted by molar-refractivity contribution is 0.0583. The van der Waals surface area contributed by atoms with Gasteiger partial charge in [0.15, 0.2) is 0 Å². The van der Waals surface area contributed by atoms with Crippen LogP contribution in [0.3, 0.4) is 0 Å². The van der Waals surface area contributed by atoms with E-state index < -0.39 is 10.0 Å². The second-order valence-corrected chi connectivity index (χ2v) is 8.21. The highest BCUT2D eigenvalue weighted by atomic mass is 35.5. The molecule has 2 N–H and O–H groups in total. The van der Waals surface area contributed by atoms with Crippen LogP contribution in [-0.4, -0.2) is 32.3 Å². The zero-order valence-corrected chi connectivity index (χ0v) is 13.7. The summed E-state index contributed by atoms with van der Waals surface area (Å²) in [6, 6.07) is 4.00. The van der Waals surface area contributed by atoms with Crippen LogP contribution in [0.15, 0.2) is 23.1 Å². The van der Waals surface area contributed by atoms with Crippen molar-refractivity contribution in [3.8, 4) is 0 Å². The molecular formula is C14H19ClN2O3S. The van der Waals surface area contributed by atoms with E-state index in [9.17, 15) is 13.2 Å². The Bertz CT molecular complexity index is 671. The van der Waals surface area contributed by atoms with Crippen LogP contribution < -0.4 is 5.14 Å². The third-order valence-electron chi connectivity index (χ3n) is 3.63. The SMILES string of the molecule is CC1(C)CCCN(C(=O)c2cc(Cl)cc(S(N)(=O)=O)c2)C1. The van der Waals surface area contributed by atoms with E-state index >= 15 is 0 Å². The fraction of sp³-hybridized carbons (Fsp3) is 0.500. The van der Waals surface area contributed by atoms with Crippen molar-refractivity contribution in [2.75, 3.05) is 13.1 Å². The van der Waals surface area contributed by atoms with Crippen LogP contribution in [0.2, 0.25) is 5.02 Å². The number of sulfonamides is 1. The molecule has 5 nitrogen and oxygen atoms in total. The van der Waals surface area contributed by atoms with E-state index in [2.05, 4.69) is 13.8 Å². The first-order valence-corrected chi connectivity index (χ1v) is 8.64. The lowest BCUT2D eigenvalue weighted by atomic mass is 9.84. The molecule has 0 atom stereocenters. The molecule has 7 heteroatoms. The number of rotatable bonds is 2. The molecule has 1 heterocycles. The lowest BCUT2D eigenvalue weighted by Gasteiger charge is -2.38. The van der Waals surface area contributed by atoms with Gasteiger partial charge >= 0.3 is 0 Å². The number of amides is 1. The van der Waals surface area contributed by atoms with Gasteiger partial charge < -0.3 is 4.90 Å². The van der Waals surface area contributed by atoms with Crippen LogP contribution in [0.1, 0.15) is 37.0 Å². The van der Waals surface area contributed by atoms with E-state index in [1.165, 1.54) is 18.2 Å². The standard InChI is InChI=1S/C14H19ClN2O3S/c1-14(2)4-3-5-17(9-14)13(18)10-6-11(15)8-12(7-10)21(16,19)20/h6-8H,3-5,9H2,1-2H3,(H2,16,19,20). The molecule has 1 aliphatic heterocycles. The van der Waals surface area contributed by atoms with Gasteiger partial charge in [-0.15, -0.1) is 0 Å². The third kappa shape index (κ3) is 3.96. The number of benzene rings is 1. The van der Waals surface area contributed by atoms with Gasteiger partial charge in [0.1, 0.15) is 0 Å². The third-order valence-corrected chi connectivity index (χ3v) is 4.75. The van der Waals surface area contributed by atoms with E-state index in [4.69, 9.17) is 16.7 Å². The Labute approximate surface area is 130 Å². The fourth-order valence-corrected chi connectivity index (χ4v) is 3.51. The number of carbonyl (C=O) groups excluding carboxylic acids is 1. The van der Waals surface area contributed by atoms with Gasteiger partial charge in [-0.3, -0.25) is 4.79 Å². The Hall–Kier alpha value is -1.11. The summed E-state index contributed by atoms with van der Waals surface area (Å²) < 4.78 is 22.9. The van der Waals surface area contributed by atoms with Crippen LogP contribution in [0, 0.1) is 5.41 Å². The summed E-state index contributed by atoms with van der Waals surface area (Å²) >= 11 is 5.90. The summed E-state index contributed by atoms with van der Waals surface area (Å²) in [5, 5.41) is 5.29. The van der Waals surface area contributed by atoms with Crippen LogP contribution in [0.4, 0.5) is 0 Å². The molecule has 1 fully saturated rings. The number of carbonyl (C=O) groups is 1. The molecule has 21 heavy (non-hydrogen) atoms. The van der Waals surface area contributed by atoms with E-state index in [1.807, 2.05) is 0 Å². The van der Waals surface area contributed by atoms with Crippen molar-refractivity contribution in [1.82, 2.24) is 4.90 Å². The zero-order chi connectivity index (χ0) is 15.8. The first-order valence-electron chi connectivity index (χ1n) is 6.71. The molecule has 1 aliphatic rings. The molecule has 0 saturated carbocycles. The van der Waals surface area contributed by atoms with E-state index in [0.29, 0.717) is 13.1 Å². The first-order chi connectivity index (χ1) is 9.58. The number of nitrogens with two attached hydrogens (primary N) is 1. The molecule has 1 amide bonds. The Morgan fingerprint density at radius 1 is 1.33 bits per heavy atom. The molecule has 0 spiro atoms. The quantitative estimate of drug-likeness (QED) is 0.903. The minimum Gasteiger partial charge on any atom is -0.338 e. The van der Waals surface area contributed by atoms with Crippen molar-refractivity contribution in [2.24, 2.45) is 10.6 Å². The van der Waals surface area contributed by atoms with Crippen molar-refractivity contribution in [3.63, 3.8) is 0 Å². The molecule has 0 aliphatic carbocycles. The number of hydrogen-bond acceptors (Lipinski definition) is 3. The highest BCUT2D eigenvalue weighted by Crippen LogP contribution is 2.29. The van der Waals surface area contributed by atoms with Gasteiger partial charge in [0, 0.05) is 23.7 Å². The number of primary sulfonamides is 1. The molecule has 0 aromatic heterocycles. The number of piperidine rings is 1. The topological polar surface area (TPSA) is 80.5 Å². The molecule has 1 saturated heterocycles. The minimum atomic E-state index is -3.89. The van der Waals surface area contributed by atoms with Gasteiger partial charge in [0.25, 0.3) is 5.91 Å². The largest absolute Gasteiger partial charge is 0.338 e. The second-order valence-electron chi connectivity index (χ2n) is 6.22. The highest BCUT2D eigenvalue weighted by molar-refractivity contribution is 7.89. The first kappa shape index (κ1) is 16.3. The molecular weight excluding hydrogens is 312 g/mol. The van der Waals surface area contributed by atoms with Crippen LogP contribution in [0.5, 0.6) is 0 Å². The Morgan fingerprint density at radius 2 is 2.00 bits per heavy atom. The van der Waals surface area contributed by atoms with Crippen molar-refractivity contribution in [3.05, 3.63) is 28.8 Å². The van der Waals surface area contributed by atoms with Gasteiger partial charge in [0.05, 0.1) is 4.90 Å². The number of likely N-dealkylation sites (tertiary alicyclic amines) is 1. The van der Waals surface area contributed by atoms with Crippen molar-refractivity contribution in [1.29, 1.82) is 0 Å². The van der Waals surface area contributed by atoms with E-state index in [1.54, 1.807) is 4.90 Å². The van der Waals surface area contributed by atoms with Gasteiger partial charge in [-0.05, 0) is 36.5 Å². The molecule has 1 aromatic rings. The maximum absolute atomic E-state index is 12.6.